The first-order valence-corrected chi connectivity index (χ1v) is 9.69. The van der Waals surface area contributed by atoms with Crippen molar-refractivity contribution in [2.45, 2.75) is 19.0 Å². The van der Waals surface area contributed by atoms with Crippen LogP contribution in [0.2, 0.25) is 0 Å². The molecule has 33 heavy (non-hydrogen) atoms. The lowest BCUT2D eigenvalue weighted by Crippen LogP contribution is -2.31. The van der Waals surface area contributed by atoms with E-state index in [-0.39, 0.29) is 17.3 Å². The number of nitrogens with zero attached hydrogens (tertiary/aromatic N) is 3. The van der Waals surface area contributed by atoms with Gasteiger partial charge < -0.3 is 21.3 Å². The monoisotopic (exact) mass is 461 g/mol. The molecule has 0 spiro atoms. The Bertz CT molecular complexity index is 1190. The Labute approximate surface area is 186 Å². The maximum absolute atomic E-state index is 13.5. The fourth-order valence-electron chi connectivity index (χ4n) is 3.08. The van der Waals surface area contributed by atoms with Crippen molar-refractivity contribution < 1.29 is 17.9 Å². The number of rotatable bonds is 7. The Kier molecular flexibility index (Phi) is 7.18. The number of nitrogens with two attached hydrogens (primary N) is 2. The van der Waals surface area contributed by atoms with Crippen molar-refractivity contribution in [1.29, 1.82) is 0 Å². The lowest BCUT2D eigenvalue weighted by Gasteiger charge is -2.16. The van der Waals surface area contributed by atoms with E-state index in [1.807, 2.05) is 12.1 Å². The van der Waals surface area contributed by atoms with Gasteiger partial charge in [0.25, 0.3) is 5.56 Å². The predicted octanol–water partition coefficient (Wildman–Crippen LogP) is 2.67. The fourth-order valence-corrected chi connectivity index (χ4v) is 3.08. The summed E-state index contributed by atoms with van der Waals surface area (Å²) in [7, 11) is 1.27. The van der Waals surface area contributed by atoms with Crippen LogP contribution in [-0.4, -0.2) is 22.5 Å². The molecule has 0 aliphatic rings. The van der Waals surface area contributed by atoms with Gasteiger partial charge in [-0.1, -0.05) is 12.1 Å². The number of aryl methyl sites for hydroxylation is 1. The lowest BCUT2D eigenvalue weighted by atomic mass is 10.1. The highest BCUT2D eigenvalue weighted by Gasteiger charge is 2.34. The van der Waals surface area contributed by atoms with E-state index in [2.05, 4.69) is 20.8 Å². The fraction of sp³-hybridized carbons (Fsp3) is 0.190. The molecule has 174 valence electrons. The molecule has 1 heterocycles. The molecule has 0 atom stereocenters. The zero-order valence-corrected chi connectivity index (χ0v) is 17.6. The predicted molar refractivity (Wildman–Crippen MR) is 118 cm³/mol. The molecular formula is C21H22F3N7O2. The molecule has 6 N–H and O–H groups in total. The molecule has 0 aliphatic heterocycles. The van der Waals surface area contributed by atoms with Crippen LogP contribution in [-0.2, 0) is 12.6 Å². The average Bonchev–Trinajstić information content (AvgIpc) is 2.81. The number of ether oxygens (including phenoxy) is 1. The molecule has 0 unspecified atom stereocenters. The van der Waals surface area contributed by atoms with E-state index in [1.54, 1.807) is 12.1 Å². The summed E-state index contributed by atoms with van der Waals surface area (Å²) in [5, 5.41) is 6.02. The van der Waals surface area contributed by atoms with E-state index in [9.17, 15) is 18.0 Å². The maximum atomic E-state index is 13.5. The minimum absolute atomic E-state index is 0.0403. The minimum Gasteiger partial charge on any atom is -0.497 e. The summed E-state index contributed by atoms with van der Waals surface area (Å²) in [4.78, 5) is 16.8. The second-order valence-electron chi connectivity index (χ2n) is 6.87. The molecule has 3 rings (SSSR count). The first-order valence-electron chi connectivity index (χ1n) is 9.69. The molecule has 12 heteroatoms. The minimum atomic E-state index is -4.66. The summed E-state index contributed by atoms with van der Waals surface area (Å²) >= 11 is 0. The topological polar surface area (TPSA) is 133 Å². The number of methoxy groups -OCH3 is 1. The Morgan fingerprint density at radius 1 is 1.21 bits per heavy atom. The van der Waals surface area contributed by atoms with Crippen LogP contribution in [0.15, 0.2) is 64.8 Å². The van der Waals surface area contributed by atoms with Crippen LogP contribution in [0.3, 0.4) is 0 Å². The lowest BCUT2D eigenvalue weighted by molar-refractivity contribution is -0.137. The van der Waals surface area contributed by atoms with Crippen molar-refractivity contribution in [1.82, 2.24) is 15.0 Å². The van der Waals surface area contributed by atoms with Crippen molar-refractivity contribution in [3.63, 3.8) is 0 Å². The van der Waals surface area contributed by atoms with Crippen molar-refractivity contribution in [3.8, 4) is 11.4 Å². The number of anilines is 2. The number of hydrogen-bond donors (Lipinski definition) is 4. The summed E-state index contributed by atoms with van der Waals surface area (Å²) in [5.74, 6) is 10.7. The second-order valence-corrected chi connectivity index (χ2v) is 6.87. The number of halogens is 3. The molecule has 0 saturated carbocycles. The second kappa shape index (κ2) is 10.0. The van der Waals surface area contributed by atoms with Crippen molar-refractivity contribution in [2.75, 3.05) is 12.4 Å². The van der Waals surface area contributed by atoms with Gasteiger partial charge in [0.2, 0.25) is 0 Å². The third-order valence-electron chi connectivity index (χ3n) is 4.81. The number of nitrogens with one attached hydrogen (secondary N) is 2. The number of benzene rings is 2. The van der Waals surface area contributed by atoms with Crippen LogP contribution in [0.4, 0.5) is 24.7 Å². The molecule has 0 amide bonds. The van der Waals surface area contributed by atoms with E-state index in [4.69, 9.17) is 16.4 Å². The number of hydrazine groups is 1. The summed E-state index contributed by atoms with van der Waals surface area (Å²) in [6, 6.07) is 10.4. The summed E-state index contributed by atoms with van der Waals surface area (Å²) in [6.45, 7) is 0. The quantitative estimate of drug-likeness (QED) is 0.184. The molecule has 1 aromatic heterocycles. The zero-order valence-electron chi connectivity index (χ0n) is 17.6. The van der Waals surface area contributed by atoms with Gasteiger partial charge in [-0.3, -0.25) is 9.36 Å². The summed E-state index contributed by atoms with van der Waals surface area (Å²) < 4.78 is 46.6. The number of hydrazone groups is 1. The third kappa shape index (κ3) is 5.60. The maximum Gasteiger partial charge on any atom is 0.418 e. The van der Waals surface area contributed by atoms with E-state index in [0.29, 0.717) is 24.4 Å². The van der Waals surface area contributed by atoms with Gasteiger partial charge in [-0.2, -0.15) is 18.3 Å². The van der Waals surface area contributed by atoms with Crippen molar-refractivity contribution >= 4 is 17.3 Å². The highest BCUT2D eigenvalue weighted by Crippen LogP contribution is 2.37. The molecule has 9 nitrogen and oxygen atoms in total. The SMILES string of the molecule is COc1ccc(Nc2nccn(-c3ccc(CC/C(=N/N)NN)cc3)c2=O)c(C(F)(F)F)c1. The molecule has 0 bridgehead atoms. The number of amidine groups is 1. The third-order valence-corrected chi connectivity index (χ3v) is 4.81. The molecule has 2 aromatic carbocycles. The van der Waals surface area contributed by atoms with Crippen LogP contribution >= 0.6 is 0 Å². The normalized spacial score (nSPS) is 11.8. The molecule has 0 fully saturated rings. The summed E-state index contributed by atoms with van der Waals surface area (Å²) in [5.41, 5.74) is 1.96. The van der Waals surface area contributed by atoms with Gasteiger partial charge in [0.15, 0.2) is 5.82 Å². The van der Waals surface area contributed by atoms with Gasteiger partial charge in [-0.15, -0.1) is 0 Å². The van der Waals surface area contributed by atoms with Crippen LogP contribution in [0, 0.1) is 0 Å². The van der Waals surface area contributed by atoms with Gasteiger partial charge in [-0.05, 0) is 42.3 Å². The highest BCUT2D eigenvalue weighted by atomic mass is 19.4. The van der Waals surface area contributed by atoms with Gasteiger partial charge in [-0.25, -0.2) is 10.8 Å². The molecule has 0 radical (unpaired) electrons. The van der Waals surface area contributed by atoms with Crippen LogP contribution in [0.5, 0.6) is 5.75 Å². The van der Waals surface area contributed by atoms with Crippen LogP contribution < -0.4 is 32.7 Å². The van der Waals surface area contributed by atoms with E-state index < -0.39 is 17.3 Å². The van der Waals surface area contributed by atoms with Gasteiger partial charge >= 0.3 is 6.18 Å². The summed E-state index contributed by atoms with van der Waals surface area (Å²) in [6.07, 6.45) is -0.798. The van der Waals surface area contributed by atoms with E-state index in [0.717, 1.165) is 11.6 Å². The van der Waals surface area contributed by atoms with Crippen LogP contribution in [0.1, 0.15) is 17.5 Å². The van der Waals surface area contributed by atoms with E-state index in [1.165, 1.54) is 36.2 Å². The smallest absolute Gasteiger partial charge is 0.418 e. The Morgan fingerprint density at radius 2 is 1.94 bits per heavy atom. The number of alkyl halides is 3. The average molecular weight is 461 g/mol. The van der Waals surface area contributed by atoms with E-state index >= 15 is 0 Å². The number of aromatic nitrogens is 2. The first kappa shape index (κ1) is 23.6. The Morgan fingerprint density at radius 3 is 2.55 bits per heavy atom. The van der Waals surface area contributed by atoms with Gasteiger partial charge in [0.05, 0.1) is 18.4 Å². The molecule has 0 saturated heterocycles. The Hall–Kier alpha value is -4.06. The van der Waals surface area contributed by atoms with Crippen LogP contribution in [0.25, 0.3) is 5.69 Å². The standard InChI is InChI=1S/C21H22F3N7O2/c1-33-15-7-8-17(16(12-15)21(22,23)24)28-19-20(32)31(11-10-27-19)14-5-2-13(3-6-14)4-9-18(29-25)30-26/h2-3,5-8,10-12H,4,9,25-26H2,1H3,(H,27,28)(H,29,30). The highest BCUT2D eigenvalue weighted by molar-refractivity contribution is 5.81. The zero-order chi connectivity index (χ0) is 24.0. The first-order chi connectivity index (χ1) is 15.8. The van der Waals surface area contributed by atoms with Gasteiger partial charge in [0.1, 0.15) is 11.6 Å². The van der Waals surface area contributed by atoms with Crippen molar-refractivity contribution in [3.05, 3.63) is 76.3 Å². The van der Waals surface area contributed by atoms with Gasteiger partial charge in [0, 0.05) is 24.5 Å². The van der Waals surface area contributed by atoms with Crippen molar-refractivity contribution in [2.24, 2.45) is 16.8 Å². The number of hydrogen-bond acceptors (Lipinski definition) is 7. The molecule has 0 aliphatic carbocycles. The Balaban J connectivity index is 1.87. The molecular weight excluding hydrogens is 439 g/mol. The largest absolute Gasteiger partial charge is 0.497 e. The molecule has 3 aromatic rings.